The number of aliphatic carboxylic acids is 1. The second kappa shape index (κ2) is 20.3. The van der Waals surface area contributed by atoms with Crippen LogP contribution in [0.15, 0.2) is 77.2 Å². The van der Waals surface area contributed by atoms with Crippen molar-refractivity contribution in [2.45, 2.75) is 105 Å². The second-order valence-corrected chi connectivity index (χ2v) is 21.0. The molecule has 72 heavy (non-hydrogen) atoms. The number of hydrogen-bond acceptors (Lipinski definition) is 13. The molecule has 0 aliphatic carbocycles. The quantitative estimate of drug-likeness (QED) is 0.0814. The molecule has 378 valence electrons. The Labute approximate surface area is 421 Å². The first-order valence-electron chi connectivity index (χ1n) is 23.0. The molecule has 1 saturated heterocycles. The molecule has 1 fully saturated rings. The summed E-state index contributed by atoms with van der Waals surface area (Å²) in [7, 11) is 0. The Balaban J connectivity index is 0.965. The van der Waals surface area contributed by atoms with Gasteiger partial charge in [0.1, 0.15) is 40.5 Å². The van der Waals surface area contributed by atoms with Crippen LogP contribution in [0.1, 0.15) is 97.1 Å². The van der Waals surface area contributed by atoms with Crippen molar-refractivity contribution < 1.29 is 52.0 Å². The Kier molecular flexibility index (Phi) is 14.5. The second-order valence-electron chi connectivity index (χ2n) is 18.9. The number of aromatic nitrogens is 4. The van der Waals surface area contributed by atoms with Crippen LogP contribution in [0, 0.1) is 33.1 Å². The number of aliphatic imine (C=N–C) groups is 1. The number of nitrogens with one attached hydrogen (secondary N) is 2. The van der Waals surface area contributed by atoms with Crippen LogP contribution < -0.4 is 20.1 Å². The predicted molar refractivity (Wildman–Crippen MR) is 264 cm³/mol. The Hall–Kier alpha value is -6.97. The van der Waals surface area contributed by atoms with Crippen molar-refractivity contribution in [3.8, 4) is 38.1 Å². The summed E-state index contributed by atoms with van der Waals surface area (Å²) in [5, 5.41) is 35.5. The van der Waals surface area contributed by atoms with Crippen molar-refractivity contribution in [1.29, 1.82) is 0 Å². The number of nitrogens with zero attached hydrogens (tertiary/aromatic N) is 6. The molecule has 0 radical (unpaired) electrons. The standard InChI is InChI=1S/C51H53F3N8O8S2/c1-25-28(4)72-49-42(25)43(57-37(21-41(65)66)46-60-59-29(5)62(46)49)32-13-11-31(12-14-32)36-18-17-35(20-39(36)70-51(52,53)54)69-23-40(64)58-45(50(6,7)8)48(68)61-22-34(63)19-38(61)47(67)56-26(2)30-9-15-33(16-10-30)44-27(3)55-24-71-44/h9-18,20,24,26,34,37-38,45,63H,19,21-23H2,1-8H3,(H,56,67)(H,58,64)(H,65,66)/t26?,34-,37+,38+,45?/m1/s1. The van der Waals surface area contributed by atoms with Crippen molar-refractivity contribution >= 4 is 52.1 Å². The van der Waals surface area contributed by atoms with E-state index in [-0.39, 0.29) is 30.7 Å². The van der Waals surface area contributed by atoms with E-state index < -0.39 is 78.1 Å². The third-order valence-electron chi connectivity index (χ3n) is 12.7. The highest BCUT2D eigenvalue weighted by Crippen LogP contribution is 2.41. The number of ether oxygens (including phenoxy) is 2. The highest BCUT2D eigenvalue weighted by molar-refractivity contribution is 7.15. The number of thiophene rings is 1. The van der Waals surface area contributed by atoms with Gasteiger partial charge in [0.15, 0.2) is 12.4 Å². The number of carbonyl (C=O) groups excluding carboxylic acids is 3. The van der Waals surface area contributed by atoms with Crippen LogP contribution >= 0.6 is 22.7 Å². The summed E-state index contributed by atoms with van der Waals surface area (Å²) in [6, 6.07) is 14.5. The molecule has 2 aliphatic heterocycles. The van der Waals surface area contributed by atoms with E-state index in [9.17, 15) is 42.6 Å². The van der Waals surface area contributed by atoms with Gasteiger partial charge in [-0.15, -0.1) is 46.0 Å². The number of amides is 3. The molecule has 3 aromatic heterocycles. The van der Waals surface area contributed by atoms with E-state index in [0.717, 1.165) is 48.8 Å². The summed E-state index contributed by atoms with van der Waals surface area (Å²) in [5.74, 6) is -2.74. The van der Waals surface area contributed by atoms with Gasteiger partial charge in [-0.25, -0.2) is 4.98 Å². The minimum Gasteiger partial charge on any atom is -0.484 e. The molecule has 0 spiro atoms. The Morgan fingerprint density at radius 2 is 1.60 bits per heavy atom. The zero-order chi connectivity index (χ0) is 52.0. The van der Waals surface area contributed by atoms with Gasteiger partial charge in [0.25, 0.3) is 5.91 Å². The number of alkyl halides is 3. The van der Waals surface area contributed by atoms with E-state index in [2.05, 4.69) is 30.6 Å². The molecule has 0 saturated carbocycles. The predicted octanol–water partition coefficient (Wildman–Crippen LogP) is 8.37. The van der Waals surface area contributed by atoms with E-state index in [1.165, 1.54) is 39.7 Å². The van der Waals surface area contributed by atoms with Crippen LogP contribution in [0.2, 0.25) is 0 Å². The van der Waals surface area contributed by atoms with Crippen LogP contribution in [0.25, 0.3) is 26.6 Å². The number of β-amino-alcohol motifs (C(OH)–C–C–N with tert-alkyl or cyclic N) is 1. The number of aliphatic hydroxyl groups is 1. The molecule has 6 aromatic rings. The van der Waals surface area contributed by atoms with Crippen molar-refractivity contribution in [2.75, 3.05) is 13.2 Å². The molecule has 3 amide bonds. The van der Waals surface area contributed by atoms with Gasteiger partial charge in [-0.2, -0.15) is 0 Å². The third kappa shape index (κ3) is 10.9. The lowest BCUT2D eigenvalue weighted by molar-refractivity contribution is -0.274. The summed E-state index contributed by atoms with van der Waals surface area (Å²) >= 11 is 3.03. The molecule has 21 heteroatoms. The minimum atomic E-state index is -5.11. The Bertz CT molecular complexity index is 3070. The monoisotopic (exact) mass is 1030 g/mol. The molecule has 3 aromatic carbocycles. The number of carboxylic acids is 1. The number of halogens is 3. The van der Waals surface area contributed by atoms with E-state index >= 15 is 0 Å². The lowest BCUT2D eigenvalue weighted by Crippen LogP contribution is -2.58. The molecule has 2 unspecified atom stereocenters. The van der Waals surface area contributed by atoms with E-state index in [1.54, 1.807) is 57.5 Å². The van der Waals surface area contributed by atoms with Gasteiger partial charge in [0, 0.05) is 40.6 Å². The van der Waals surface area contributed by atoms with Crippen LogP contribution in [0.3, 0.4) is 0 Å². The van der Waals surface area contributed by atoms with Crippen molar-refractivity contribution in [2.24, 2.45) is 10.4 Å². The average molecular weight is 1030 g/mol. The zero-order valence-corrected chi connectivity index (χ0v) is 42.3. The highest BCUT2D eigenvalue weighted by Gasteiger charge is 2.45. The van der Waals surface area contributed by atoms with Crippen LogP contribution in [0.4, 0.5) is 13.2 Å². The van der Waals surface area contributed by atoms with E-state index in [1.807, 2.05) is 56.5 Å². The zero-order valence-electron chi connectivity index (χ0n) is 40.6. The van der Waals surface area contributed by atoms with Gasteiger partial charge in [0.2, 0.25) is 11.8 Å². The minimum absolute atomic E-state index is 0.0187. The van der Waals surface area contributed by atoms with Gasteiger partial charge in [0.05, 0.1) is 40.4 Å². The summed E-state index contributed by atoms with van der Waals surface area (Å²) in [5.41, 5.74) is 6.77. The highest BCUT2D eigenvalue weighted by atomic mass is 32.1. The first kappa shape index (κ1) is 51.4. The summed E-state index contributed by atoms with van der Waals surface area (Å²) in [6.45, 7) is 13.7. The maximum atomic E-state index is 14.3. The van der Waals surface area contributed by atoms with Gasteiger partial charge in [-0.1, -0.05) is 69.3 Å². The van der Waals surface area contributed by atoms with Crippen LogP contribution in [-0.4, -0.2) is 102 Å². The van der Waals surface area contributed by atoms with E-state index in [4.69, 9.17) is 9.73 Å². The number of aryl methyl sites for hydroxylation is 3. The maximum Gasteiger partial charge on any atom is 0.573 e. The fraction of sp³-hybridized carbons (Fsp3) is 0.373. The van der Waals surface area contributed by atoms with Crippen molar-refractivity contribution in [1.82, 2.24) is 35.3 Å². The lowest BCUT2D eigenvalue weighted by atomic mass is 9.85. The topological polar surface area (TPSA) is 210 Å². The number of likely N-dealkylation sites (tertiary alicyclic amines) is 1. The first-order chi connectivity index (χ1) is 34.0. The number of benzene rings is 3. The molecule has 5 heterocycles. The number of carbonyl (C=O) groups is 4. The number of aliphatic hydroxyl groups excluding tert-OH is 1. The van der Waals surface area contributed by atoms with Gasteiger partial charge < -0.3 is 35.2 Å². The molecule has 8 rings (SSSR count). The number of thiazole rings is 1. The maximum absolute atomic E-state index is 14.3. The summed E-state index contributed by atoms with van der Waals surface area (Å²) in [6.07, 6.45) is -6.48. The molecule has 2 aliphatic rings. The third-order valence-corrected chi connectivity index (χ3v) is 14.9. The van der Waals surface area contributed by atoms with Gasteiger partial charge in [-0.3, -0.25) is 28.7 Å². The molecule has 0 bridgehead atoms. The normalized spacial score (nSPS) is 17.5. The fourth-order valence-electron chi connectivity index (χ4n) is 8.90. The summed E-state index contributed by atoms with van der Waals surface area (Å²) < 4.78 is 53.8. The molecular weight excluding hydrogens is 974 g/mol. The van der Waals surface area contributed by atoms with Crippen molar-refractivity contribution in [3.05, 3.63) is 117 Å². The Morgan fingerprint density at radius 3 is 2.24 bits per heavy atom. The summed E-state index contributed by atoms with van der Waals surface area (Å²) in [4.78, 5) is 66.1. The number of rotatable bonds is 14. The number of fused-ring (bicyclic) bond motifs is 3. The largest absolute Gasteiger partial charge is 0.573 e. The molecular formula is C51H53F3N8O8S2. The van der Waals surface area contributed by atoms with Gasteiger partial charge >= 0.3 is 12.3 Å². The first-order valence-corrected chi connectivity index (χ1v) is 24.7. The molecule has 5 atom stereocenters. The van der Waals surface area contributed by atoms with Gasteiger partial charge in [-0.05, 0) is 74.4 Å². The Morgan fingerprint density at radius 1 is 0.917 bits per heavy atom. The number of hydrogen-bond donors (Lipinski definition) is 4. The smallest absolute Gasteiger partial charge is 0.484 e. The average Bonchev–Trinajstić information content (AvgIpc) is 4.08. The molecule has 16 nitrogen and oxygen atoms in total. The number of carboxylic acid groups (broad SMARTS) is 1. The SMILES string of the molecule is Cc1ncsc1-c1ccc(C(C)NC(=O)[C@@H]2C[C@@H](O)CN2C(=O)C(NC(=O)COc2ccc(-c3ccc(C4=N[C@@H](CC(=O)O)c5nnc(C)n5-c5sc(C)c(C)c54)cc3)c(OC(F)(F)F)c2)C(C)(C)C)cc1. The molecule has 4 N–H and O–H groups in total. The van der Waals surface area contributed by atoms with Crippen LogP contribution in [0.5, 0.6) is 11.5 Å². The van der Waals surface area contributed by atoms with E-state index in [0.29, 0.717) is 28.5 Å². The fourth-order valence-corrected chi connectivity index (χ4v) is 10.9. The van der Waals surface area contributed by atoms with Crippen LogP contribution in [-0.2, 0) is 19.2 Å². The lowest BCUT2D eigenvalue weighted by Gasteiger charge is -2.35. The van der Waals surface area contributed by atoms with Crippen molar-refractivity contribution in [3.63, 3.8) is 0 Å².